The number of nitrogens with two attached hydrogens (primary N) is 1. The molecule has 0 atom stereocenters. The number of hydrogen-bond donors (Lipinski definition) is 1. The third-order valence-electron chi connectivity index (χ3n) is 3.27. The molecule has 122 valence electrons. The molecule has 0 unspecified atom stereocenters. The van der Waals surface area contributed by atoms with Gasteiger partial charge in [0.15, 0.2) is 11.6 Å². The van der Waals surface area contributed by atoms with Crippen LogP contribution in [0.25, 0.3) is 17.1 Å². The molecule has 0 aliphatic rings. The number of benzene rings is 1. The lowest BCUT2D eigenvalue weighted by molar-refractivity contribution is -0.117. The molecule has 0 saturated heterocycles. The first kappa shape index (κ1) is 15.6. The van der Waals surface area contributed by atoms with Crippen molar-refractivity contribution in [2.45, 2.75) is 6.42 Å². The Bertz CT molecular complexity index is 894. The van der Waals surface area contributed by atoms with E-state index in [9.17, 15) is 9.18 Å². The van der Waals surface area contributed by atoms with Crippen LogP contribution in [0, 0.1) is 5.82 Å². The molecule has 3 aromatic rings. The second kappa shape index (κ2) is 6.45. The molecule has 0 saturated carbocycles. The van der Waals surface area contributed by atoms with Crippen LogP contribution in [0.15, 0.2) is 42.6 Å². The van der Waals surface area contributed by atoms with E-state index in [0.717, 1.165) is 0 Å². The number of hydrogen-bond acceptors (Lipinski definition) is 5. The maximum Gasteiger partial charge on any atom is 0.225 e. The van der Waals surface area contributed by atoms with E-state index in [2.05, 4.69) is 15.1 Å². The van der Waals surface area contributed by atoms with Gasteiger partial charge >= 0.3 is 0 Å². The highest BCUT2D eigenvalue weighted by molar-refractivity contribution is 5.76. The Morgan fingerprint density at radius 1 is 1.33 bits per heavy atom. The number of para-hydroxylation sites is 1. The van der Waals surface area contributed by atoms with Crippen LogP contribution < -0.4 is 10.5 Å². The van der Waals surface area contributed by atoms with Crippen LogP contribution in [-0.2, 0) is 11.2 Å². The summed E-state index contributed by atoms with van der Waals surface area (Å²) in [4.78, 5) is 19.5. The molecule has 2 aromatic heterocycles. The van der Waals surface area contributed by atoms with Crippen LogP contribution in [0.3, 0.4) is 0 Å². The number of methoxy groups -OCH3 is 1. The second-order valence-electron chi connectivity index (χ2n) is 4.94. The lowest BCUT2D eigenvalue weighted by Crippen LogP contribution is -2.14. The summed E-state index contributed by atoms with van der Waals surface area (Å²) in [5.74, 6) is -0.0875. The summed E-state index contributed by atoms with van der Waals surface area (Å²) in [5, 5.41) is 4.22. The van der Waals surface area contributed by atoms with Gasteiger partial charge in [-0.05, 0) is 18.2 Å². The summed E-state index contributed by atoms with van der Waals surface area (Å²) < 4.78 is 20.6. The number of carbonyl (C=O) groups is 1. The van der Waals surface area contributed by atoms with Gasteiger partial charge in [-0.2, -0.15) is 5.10 Å². The minimum atomic E-state index is -0.570. The zero-order chi connectivity index (χ0) is 17.1. The molecule has 1 aromatic carbocycles. The predicted molar refractivity (Wildman–Crippen MR) is 84.0 cm³/mol. The first-order chi connectivity index (χ1) is 11.6. The summed E-state index contributed by atoms with van der Waals surface area (Å²) >= 11 is 0. The Hall–Kier alpha value is -3.29. The number of primary amides is 1. The van der Waals surface area contributed by atoms with Crippen molar-refractivity contribution in [3.63, 3.8) is 0 Å². The summed E-state index contributed by atoms with van der Waals surface area (Å²) in [6.45, 7) is 0. The van der Waals surface area contributed by atoms with Gasteiger partial charge in [0, 0.05) is 17.8 Å². The Balaban J connectivity index is 2.18. The fourth-order valence-electron chi connectivity index (χ4n) is 2.22. The summed E-state index contributed by atoms with van der Waals surface area (Å²) in [7, 11) is 1.49. The first-order valence-corrected chi connectivity index (χ1v) is 7.08. The van der Waals surface area contributed by atoms with E-state index in [1.54, 1.807) is 36.5 Å². The van der Waals surface area contributed by atoms with Crippen molar-refractivity contribution < 1.29 is 13.9 Å². The smallest absolute Gasteiger partial charge is 0.225 e. The molecule has 0 fully saturated rings. The van der Waals surface area contributed by atoms with Crippen molar-refractivity contribution in [3.8, 4) is 23.0 Å². The molecule has 24 heavy (non-hydrogen) atoms. The zero-order valence-electron chi connectivity index (χ0n) is 12.8. The normalized spacial score (nSPS) is 10.6. The van der Waals surface area contributed by atoms with Gasteiger partial charge in [0.05, 0.1) is 13.5 Å². The third-order valence-corrected chi connectivity index (χ3v) is 3.27. The van der Waals surface area contributed by atoms with Crippen molar-refractivity contribution >= 4 is 5.91 Å². The highest BCUT2D eigenvalue weighted by Crippen LogP contribution is 2.24. The van der Waals surface area contributed by atoms with Crippen molar-refractivity contribution in [2.75, 3.05) is 7.11 Å². The predicted octanol–water partition coefficient (Wildman–Crippen LogP) is 1.50. The number of aromatic nitrogens is 4. The molecule has 0 bridgehead atoms. The number of nitrogens with zero attached hydrogens (tertiary/aromatic N) is 4. The van der Waals surface area contributed by atoms with Crippen molar-refractivity contribution in [3.05, 3.63) is 54.2 Å². The SMILES string of the molecule is COc1cc(-c2nc(CC(N)=O)nn2-c2ccccc2F)ccn1. The number of ether oxygens (including phenoxy) is 1. The molecule has 8 heteroatoms. The first-order valence-electron chi connectivity index (χ1n) is 7.08. The van der Waals surface area contributed by atoms with E-state index in [1.165, 1.54) is 17.9 Å². The average molecular weight is 327 g/mol. The summed E-state index contributed by atoms with van der Waals surface area (Å²) in [5.41, 5.74) is 6.04. The van der Waals surface area contributed by atoms with E-state index in [-0.39, 0.29) is 17.9 Å². The standard InChI is InChI=1S/C16H14FN5O2/c1-24-15-8-10(6-7-19-15)16-20-14(9-13(18)23)21-22(16)12-5-3-2-4-11(12)17/h2-8H,9H2,1H3,(H2,18,23). The third kappa shape index (κ3) is 3.07. The van der Waals surface area contributed by atoms with Crippen molar-refractivity contribution in [1.29, 1.82) is 0 Å². The average Bonchev–Trinajstić information content (AvgIpc) is 2.98. The topological polar surface area (TPSA) is 95.9 Å². The van der Waals surface area contributed by atoms with E-state index in [0.29, 0.717) is 17.3 Å². The van der Waals surface area contributed by atoms with Crippen LogP contribution in [0.1, 0.15) is 5.82 Å². The molecular weight excluding hydrogens is 313 g/mol. The van der Waals surface area contributed by atoms with Gasteiger partial charge in [0.2, 0.25) is 11.8 Å². The molecule has 3 rings (SSSR count). The van der Waals surface area contributed by atoms with Gasteiger partial charge < -0.3 is 10.5 Å². The van der Waals surface area contributed by atoms with Crippen LogP contribution in [0.5, 0.6) is 5.88 Å². The van der Waals surface area contributed by atoms with Gasteiger partial charge in [-0.3, -0.25) is 4.79 Å². The summed E-state index contributed by atoms with van der Waals surface area (Å²) in [6, 6.07) is 9.50. The van der Waals surface area contributed by atoms with Crippen LogP contribution >= 0.6 is 0 Å². The Morgan fingerprint density at radius 3 is 2.83 bits per heavy atom. The van der Waals surface area contributed by atoms with Crippen LogP contribution in [-0.4, -0.2) is 32.8 Å². The molecule has 7 nitrogen and oxygen atoms in total. The van der Waals surface area contributed by atoms with E-state index < -0.39 is 11.7 Å². The molecule has 2 heterocycles. The number of pyridine rings is 1. The van der Waals surface area contributed by atoms with Crippen molar-refractivity contribution in [2.24, 2.45) is 5.73 Å². The fraction of sp³-hybridized carbons (Fsp3) is 0.125. The van der Waals surface area contributed by atoms with Crippen LogP contribution in [0.4, 0.5) is 4.39 Å². The van der Waals surface area contributed by atoms with E-state index >= 15 is 0 Å². The van der Waals surface area contributed by atoms with Crippen LogP contribution in [0.2, 0.25) is 0 Å². The maximum absolute atomic E-state index is 14.2. The van der Waals surface area contributed by atoms with Gasteiger partial charge in [0.25, 0.3) is 0 Å². The highest BCUT2D eigenvalue weighted by atomic mass is 19.1. The molecule has 1 amide bonds. The van der Waals surface area contributed by atoms with Gasteiger partial charge in [-0.25, -0.2) is 19.0 Å². The highest BCUT2D eigenvalue weighted by Gasteiger charge is 2.17. The number of amides is 1. The van der Waals surface area contributed by atoms with Gasteiger partial charge in [-0.1, -0.05) is 12.1 Å². The zero-order valence-corrected chi connectivity index (χ0v) is 12.8. The number of rotatable bonds is 5. The lowest BCUT2D eigenvalue weighted by atomic mass is 10.2. The Kier molecular flexibility index (Phi) is 4.19. The van der Waals surface area contributed by atoms with E-state index in [4.69, 9.17) is 10.5 Å². The largest absolute Gasteiger partial charge is 0.481 e. The fourth-order valence-corrected chi connectivity index (χ4v) is 2.22. The Labute approximate surface area is 136 Å². The van der Waals surface area contributed by atoms with E-state index in [1.807, 2.05) is 0 Å². The maximum atomic E-state index is 14.2. The minimum absolute atomic E-state index is 0.142. The van der Waals surface area contributed by atoms with Crippen molar-refractivity contribution in [1.82, 2.24) is 19.7 Å². The minimum Gasteiger partial charge on any atom is -0.481 e. The summed E-state index contributed by atoms with van der Waals surface area (Å²) in [6.07, 6.45) is 1.40. The molecule has 2 N–H and O–H groups in total. The molecule has 0 spiro atoms. The number of carbonyl (C=O) groups excluding carboxylic acids is 1. The lowest BCUT2D eigenvalue weighted by Gasteiger charge is -2.07. The second-order valence-corrected chi connectivity index (χ2v) is 4.94. The molecule has 0 aliphatic carbocycles. The quantitative estimate of drug-likeness (QED) is 0.766. The molecule has 0 aliphatic heterocycles. The number of halogens is 1. The molecular formula is C16H14FN5O2. The van der Waals surface area contributed by atoms with Gasteiger partial charge in [0.1, 0.15) is 11.5 Å². The Morgan fingerprint density at radius 2 is 2.12 bits per heavy atom. The monoisotopic (exact) mass is 327 g/mol. The van der Waals surface area contributed by atoms with Gasteiger partial charge in [-0.15, -0.1) is 0 Å². The molecule has 0 radical (unpaired) electrons.